The van der Waals surface area contributed by atoms with E-state index in [9.17, 15) is 0 Å². The summed E-state index contributed by atoms with van der Waals surface area (Å²) in [6.07, 6.45) is -0.106. The first-order valence-corrected chi connectivity index (χ1v) is 6.46. The summed E-state index contributed by atoms with van der Waals surface area (Å²) >= 11 is 6.01. The summed E-state index contributed by atoms with van der Waals surface area (Å²) in [4.78, 5) is 4.20. The zero-order valence-corrected chi connectivity index (χ0v) is 14.8. The van der Waals surface area contributed by atoms with Crippen LogP contribution in [0.4, 0.5) is 0 Å². The van der Waals surface area contributed by atoms with Crippen LogP contribution in [0.15, 0.2) is 41.4 Å². The molecule has 1 unspecified atom stereocenters. The highest BCUT2D eigenvalue weighted by Gasteiger charge is 2.06. The minimum absolute atomic E-state index is 0. The average Bonchev–Trinajstić information content (AvgIpc) is 2.36. The van der Waals surface area contributed by atoms with Crippen molar-refractivity contribution >= 4 is 41.5 Å². The molecule has 1 rings (SSSR count). The summed E-state index contributed by atoms with van der Waals surface area (Å²) in [6.45, 7) is 8.69. The molecule has 0 aliphatic heterocycles. The zero-order valence-electron chi connectivity index (χ0n) is 11.7. The summed E-state index contributed by atoms with van der Waals surface area (Å²) in [6, 6.07) is 7.35. The number of hydrogen-bond donors (Lipinski definition) is 2. The van der Waals surface area contributed by atoms with Crippen LogP contribution in [0.25, 0.3) is 0 Å². The molecule has 1 atom stereocenters. The number of benzene rings is 1. The molecule has 0 spiro atoms. The van der Waals surface area contributed by atoms with E-state index in [4.69, 9.17) is 22.1 Å². The zero-order chi connectivity index (χ0) is 14.3. The van der Waals surface area contributed by atoms with E-state index in [1.807, 2.05) is 32.0 Å². The molecule has 0 fully saturated rings. The number of nitrogens with one attached hydrogen (secondary N) is 1. The molecular weight excluding hydrogens is 389 g/mol. The van der Waals surface area contributed by atoms with Gasteiger partial charge in [-0.3, -0.25) is 0 Å². The van der Waals surface area contributed by atoms with Crippen molar-refractivity contribution in [3.05, 3.63) is 41.4 Å². The third kappa shape index (κ3) is 7.59. The Kier molecular flexibility index (Phi) is 9.41. The van der Waals surface area contributed by atoms with Crippen LogP contribution in [0.1, 0.15) is 13.8 Å². The highest BCUT2D eigenvalue weighted by molar-refractivity contribution is 14.0. The van der Waals surface area contributed by atoms with Crippen LogP contribution in [-0.2, 0) is 0 Å². The molecule has 0 aromatic heterocycles. The second-order valence-electron chi connectivity index (χ2n) is 4.40. The fourth-order valence-electron chi connectivity index (χ4n) is 1.32. The van der Waals surface area contributed by atoms with Crippen molar-refractivity contribution in [1.29, 1.82) is 0 Å². The van der Waals surface area contributed by atoms with Crippen molar-refractivity contribution in [1.82, 2.24) is 5.32 Å². The normalized spacial score (nSPS) is 12.2. The number of para-hydroxylation sites is 1. The van der Waals surface area contributed by atoms with Gasteiger partial charge in [0.15, 0.2) is 5.96 Å². The van der Waals surface area contributed by atoms with Gasteiger partial charge in [-0.15, -0.1) is 24.0 Å². The predicted octanol–water partition coefficient (Wildman–Crippen LogP) is 3.21. The monoisotopic (exact) mass is 409 g/mol. The third-order valence-corrected chi connectivity index (χ3v) is 2.57. The van der Waals surface area contributed by atoms with Crippen LogP contribution in [0.3, 0.4) is 0 Å². The number of aliphatic imine (C=N–C) groups is 1. The van der Waals surface area contributed by atoms with E-state index in [2.05, 4.69) is 16.9 Å². The smallest absolute Gasteiger partial charge is 0.188 e. The SMILES string of the molecule is C=C(C)CNC(N)=NCC(C)Oc1ccccc1Cl.I. The molecule has 1 aromatic rings. The van der Waals surface area contributed by atoms with Gasteiger partial charge >= 0.3 is 0 Å². The maximum atomic E-state index is 6.01. The van der Waals surface area contributed by atoms with Crippen molar-refractivity contribution < 1.29 is 4.74 Å². The van der Waals surface area contributed by atoms with Gasteiger partial charge in [-0.1, -0.05) is 35.9 Å². The van der Waals surface area contributed by atoms with Crippen LogP contribution in [0, 0.1) is 0 Å². The largest absolute Gasteiger partial charge is 0.487 e. The number of nitrogens with two attached hydrogens (primary N) is 1. The molecule has 0 amide bonds. The summed E-state index contributed by atoms with van der Waals surface area (Å²) in [5.74, 6) is 1.04. The number of rotatable bonds is 6. The minimum Gasteiger partial charge on any atom is -0.487 e. The maximum Gasteiger partial charge on any atom is 0.188 e. The van der Waals surface area contributed by atoms with Gasteiger partial charge in [0.25, 0.3) is 0 Å². The molecule has 3 N–H and O–H groups in total. The standard InChI is InChI=1S/C14H20ClN3O.HI/c1-10(2)8-17-14(16)18-9-11(3)19-13-7-5-4-6-12(13)15;/h4-7,11H,1,8-9H2,2-3H3,(H3,16,17,18);1H. The van der Waals surface area contributed by atoms with E-state index < -0.39 is 0 Å². The van der Waals surface area contributed by atoms with E-state index in [0.29, 0.717) is 29.8 Å². The summed E-state index contributed by atoms with van der Waals surface area (Å²) < 4.78 is 5.68. The van der Waals surface area contributed by atoms with Gasteiger partial charge in [-0.05, 0) is 26.0 Å². The van der Waals surface area contributed by atoms with Crippen LogP contribution in [-0.4, -0.2) is 25.2 Å². The molecule has 20 heavy (non-hydrogen) atoms. The predicted molar refractivity (Wildman–Crippen MR) is 96.3 cm³/mol. The molecule has 0 aliphatic carbocycles. The lowest BCUT2D eigenvalue weighted by Crippen LogP contribution is -2.33. The quantitative estimate of drug-likeness (QED) is 0.328. The van der Waals surface area contributed by atoms with Crippen LogP contribution in [0.2, 0.25) is 5.02 Å². The molecule has 0 radical (unpaired) electrons. The van der Waals surface area contributed by atoms with Gasteiger partial charge in [0.2, 0.25) is 0 Å². The lowest BCUT2D eigenvalue weighted by atomic mass is 10.3. The van der Waals surface area contributed by atoms with Crippen molar-refractivity contribution in [2.45, 2.75) is 20.0 Å². The van der Waals surface area contributed by atoms with Crippen molar-refractivity contribution in [2.75, 3.05) is 13.1 Å². The second-order valence-corrected chi connectivity index (χ2v) is 4.80. The minimum atomic E-state index is -0.106. The molecule has 6 heteroatoms. The van der Waals surface area contributed by atoms with Crippen molar-refractivity contribution in [3.8, 4) is 5.75 Å². The van der Waals surface area contributed by atoms with Gasteiger partial charge in [0.1, 0.15) is 11.9 Å². The molecule has 0 aliphatic rings. The molecule has 0 bridgehead atoms. The van der Waals surface area contributed by atoms with E-state index >= 15 is 0 Å². The van der Waals surface area contributed by atoms with Gasteiger partial charge < -0.3 is 15.8 Å². The average molecular weight is 410 g/mol. The van der Waals surface area contributed by atoms with E-state index in [-0.39, 0.29) is 30.1 Å². The Hall–Kier alpha value is -0.950. The van der Waals surface area contributed by atoms with Crippen molar-refractivity contribution in [3.63, 3.8) is 0 Å². The second kappa shape index (κ2) is 9.88. The van der Waals surface area contributed by atoms with E-state index in [1.165, 1.54) is 0 Å². The van der Waals surface area contributed by atoms with Crippen LogP contribution in [0.5, 0.6) is 5.75 Å². The van der Waals surface area contributed by atoms with E-state index in [1.54, 1.807) is 6.07 Å². The lowest BCUT2D eigenvalue weighted by Gasteiger charge is -2.14. The van der Waals surface area contributed by atoms with Gasteiger partial charge in [-0.25, -0.2) is 4.99 Å². The first-order valence-electron chi connectivity index (χ1n) is 6.08. The number of hydrogen-bond acceptors (Lipinski definition) is 2. The molecule has 1 aromatic carbocycles. The Balaban J connectivity index is 0.00000361. The first-order chi connectivity index (χ1) is 8.99. The molecular formula is C14H21ClIN3O. The molecule has 0 saturated carbocycles. The Labute approximate surface area is 142 Å². The Morgan fingerprint density at radius 1 is 1.50 bits per heavy atom. The highest BCUT2D eigenvalue weighted by atomic mass is 127. The third-order valence-electron chi connectivity index (χ3n) is 2.25. The highest BCUT2D eigenvalue weighted by Crippen LogP contribution is 2.24. The molecule has 0 saturated heterocycles. The molecule has 4 nitrogen and oxygen atoms in total. The van der Waals surface area contributed by atoms with Crippen molar-refractivity contribution in [2.24, 2.45) is 10.7 Å². The fraction of sp³-hybridized carbons (Fsp3) is 0.357. The molecule has 0 heterocycles. The Bertz CT molecular complexity index is 465. The first kappa shape index (κ1) is 19.1. The van der Waals surface area contributed by atoms with E-state index in [0.717, 1.165) is 5.57 Å². The Morgan fingerprint density at radius 3 is 2.75 bits per heavy atom. The molecule has 112 valence electrons. The summed E-state index contributed by atoms with van der Waals surface area (Å²) in [5.41, 5.74) is 6.71. The van der Waals surface area contributed by atoms with Gasteiger partial charge in [0, 0.05) is 6.54 Å². The number of halogens is 2. The van der Waals surface area contributed by atoms with Gasteiger partial charge in [-0.2, -0.15) is 0 Å². The summed E-state index contributed by atoms with van der Waals surface area (Å²) in [5, 5.41) is 3.55. The fourth-order valence-corrected chi connectivity index (χ4v) is 1.50. The van der Waals surface area contributed by atoms with Crippen LogP contribution < -0.4 is 15.8 Å². The topological polar surface area (TPSA) is 59.6 Å². The number of nitrogens with zero attached hydrogens (tertiary/aromatic N) is 1. The lowest BCUT2D eigenvalue weighted by molar-refractivity contribution is 0.230. The number of ether oxygens (including phenoxy) is 1. The maximum absolute atomic E-state index is 6.01. The van der Waals surface area contributed by atoms with Gasteiger partial charge in [0.05, 0.1) is 11.6 Å². The number of guanidine groups is 1. The Morgan fingerprint density at radius 2 is 2.15 bits per heavy atom. The summed E-state index contributed by atoms with van der Waals surface area (Å²) in [7, 11) is 0. The van der Waals surface area contributed by atoms with Crippen LogP contribution >= 0.6 is 35.6 Å².